The van der Waals surface area contributed by atoms with Gasteiger partial charge in [-0.1, -0.05) is 0 Å². The normalized spacial score (nSPS) is 13.1. The Morgan fingerprint density at radius 3 is 2.50 bits per heavy atom. The van der Waals surface area contributed by atoms with Gasteiger partial charge >= 0.3 is 0 Å². The zero-order valence-corrected chi connectivity index (χ0v) is 15.4. The van der Waals surface area contributed by atoms with Gasteiger partial charge in [0.15, 0.2) is 11.5 Å². The van der Waals surface area contributed by atoms with E-state index in [0.29, 0.717) is 31.2 Å². The van der Waals surface area contributed by atoms with Crippen molar-refractivity contribution in [1.82, 2.24) is 5.32 Å². The van der Waals surface area contributed by atoms with E-state index < -0.39 is 0 Å². The Labute approximate surface area is 149 Å². The molecule has 0 atom stereocenters. The number of carbonyl (C=O) groups excluding carboxylic acids is 1. The summed E-state index contributed by atoms with van der Waals surface area (Å²) in [5.74, 6) is 2.01. The van der Waals surface area contributed by atoms with E-state index in [1.807, 2.05) is 12.1 Å². The molecule has 0 aliphatic heterocycles. The average molecular weight is 359 g/mol. The average Bonchev–Trinajstić information content (AvgIpc) is 3.39. The Bertz CT molecular complexity index is 523. The molecule has 0 unspecified atom stereocenters. The van der Waals surface area contributed by atoms with E-state index in [-0.39, 0.29) is 18.3 Å². The maximum atomic E-state index is 12.5. The van der Waals surface area contributed by atoms with E-state index in [2.05, 4.69) is 5.32 Å². The Morgan fingerprint density at radius 2 is 1.92 bits per heavy atom. The molecule has 1 saturated carbocycles. The molecule has 1 aromatic rings. The van der Waals surface area contributed by atoms with E-state index in [9.17, 15) is 4.79 Å². The largest absolute Gasteiger partial charge is 0.493 e. The van der Waals surface area contributed by atoms with Crippen LogP contribution in [-0.4, -0.2) is 53.5 Å². The van der Waals surface area contributed by atoms with E-state index in [4.69, 9.17) is 14.2 Å². The van der Waals surface area contributed by atoms with Gasteiger partial charge in [0.05, 0.1) is 27.4 Å². The molecule has 1 amide bonds. The molecule has 2 rings (SSSR count). The lowest BCUT2D eigenvalue weighted by atomic mass is 10.2. The van der Waals surface area contributed by atoms with Crippen molar-refractivity contribution in [2.24, 2.45) is 5.92 Å². The predicted octanol–water partition coefficient (Wildman–Crippen LogP) is 2.10. The number of nitrogens with one attached hydrogen (secondary N) is 1. The maximum Gasteiger partial charge on any atom is 0.241 e. The van der Waals surface area contributed by atoms with Crippen LogP contribution in [0, 0.1) is 5.92 Å². The number of methoxy groups -OCH3 is 3. The third-order valence-corrected chi connectivity index (χ3v) is 3.91. The van der Waals surface area contributed by atoms with Crippen molar-refractivity contribution in [2.45, 2.75) is 12.8 Å². The molecule has 6 nitrogen and oxygen atoms in total. The van der Waals surface area contributed by atoms with Crippen LogP contribution in [0.3, 0.4) is 0 Å². The van der Waals surface area contributed by atoms with Crippen LogP contribution in [0.2, 0.25) is 0 Å². The molecule has 0 saturated heterocycles. The molecule has 1 aliphatic carbocycles. The molecule has 0 spiro atoms. The molecule has 0 radical (unpaired) electrons. The van der Waals surface area contributed by atoms with Crippen LogP contribution >= 0.6 is 12.4 Å². The Balaban J connectivity index is 0.00000288. The van der Waals surface area contributed by atoms with Gasteiger partial charge in [0, 0.05) is 25.4 Å². The minimum Gasteiger partial charge on any atom is -0.493 e. The minimum atomic E-state index is 0. The van der Waals surface area contributed by atoms with Crippen molar-refractivity contribution >= 4 is 24.0 Å². The topological polar surface area (TPSA) is 60.0 Å². The zero-order chi connectivity index (χ0) is 16.7. The van der Waals surface area contributed by atoms with Crippen LogP contribution < -0.4 is 19.7 Å². The molecule has 0 aromatic heterocycles. The lowest BCUT2D eigenvalue weighted by Gasteiger charge is -2.24. The highest BCUT2D eigenvalue weighted by atomic mass is 35.5. The second-order valence-electron chi connectivity index (χ2n) is 5.65. The van der Waals surface area contributed by atoms with Crippen molar-refractivity contribution in [1.29, 1.82) is 0 Å². The number of anilines is 1. The van der Waals surface area contributed by atoms with Crippen LogP contribution in [0.1, 0.15) is 12.8 Å². The molecule has 1 aromatic carbocycles. The third-order valence-electron chi connectivity index (χ3n) is 3.91. The highest BCUT2D eigenvalue weighted by molar-refractivity contribution is 5.95. The van der Waals surface area contributed by atoms with Crippen LogP contribution in [0.4, 0.5) is 5.69 Å². The SMILES string of the molecule is COCCN(C(=O)CNCC1CC1)c1ccc(OC)c(OC)c1.Cl. The van der Waals surface area contributed by atoms with Crippen molar-refractivity contribution in [3.8, 4) is 11.5 Å². The minimum absolute atomic E-state index is 0. The first-order chi connectivity index (χ1) is 11.2. The van der Waals surface area contributed by atoms with Gasteiger partial charge in [-0.25, -0.2) is 0 Å². The van der Waals surface area contributed by atoms with Crippen molar-refractivity contribution in [2.75, 3.05) is 52.5 Å². The number of hydrogen-bond acceptors (Lipinski definition) is 5. The van der Waals surface area contributed by atoms with E-state index in [0.717, 1.165) is 18.2 Å². The number of nitrogens with zero attached hydrogens (tertiary/aromatic N) is 1. The highest BCUT2D eigenvalue weighted by Crippen LogP contribution is 2.31. The molecule has 0 heterocycles. The van der Waals surface area contributed by atoms with Gasteiger partial charge in [0.1, 0.15) is 0 Å². The van der Waals surface area contributed by atoms with Crippen LogP contribution in [0.25, 0.3) is 0 Å². The van der Waals surface area contributed by atoms with E-state index >= 15 is 0 Å². The molecular formula is C17H27ClN2O4. The lowest BCUT2D eigenvalue weighted by molar-refractivity contribution is -0.118. The summed E-state index contributed by atoms with van der Waals surface area (Å²) in [5, 5.41) is 3.24. The fraction of sp³-hybridized carbons (Fsp3) is 0.588. The summed E-state index contributed by atoms with van der Waals surface area (Å²) in [6.45, 7) is 2.21. The molecule has 0 bridgehead atoms. The molecular weight excluding hydrogens is 332 g/mol. The van der Waals surface area contributed by atoms with E-state index in [1.165, 1.54) is 12.8 Å². The van der Waals surface area contributed by atoms with Gasteiger partial charge in [-0.3, -0.25) is 4.79 Å². The number of benzene rings is 1. The molecule has 1 aliphatic rings. The fourth-order valence-electron chi connectivity index (χ4n) is 2.37. The Kier molecular flexibility index (Phi) is 8.89. The lowest BCUT2D eigenvalue weighted by Crippen LogP contribution is -2.40. The highest BCUT2D eigenvalue weighted by Gasteiger charge is 2.22. The van der Waals surface area contributed by atoms with Crippen LogP contribution in [0.15, 0.2) is 18.2 Å². The smallest absolute Gasteiger partial charge is 0.241 e. The van der Waals surface area contributed by atoms with Gasteiger partial charge in [0.2, 0.25) is 5.91 Å². The maximum absolute atomic E-state index is 12.5. The van der Waals surface area contributed by atoms with Crippen molar-refractivity contribution in [3.63, 3.8) is 0 Å². The second kappa shape index (κ2) is 10.4. The van der Waals surface area contributed by atoms with Crippen LogP contribution in [-0.2, 0) is 9.53 Å². The van der Waals surface area contributed by atoms with Gasteiger partial charge < -0.3 is 24.4 Å². The number of halogens is 1. The number of carbonyl (C=O) groups is 1. The summed E-state index contributed by atoms with van der Waals surface area (Å²) < 4.78 is 15.7. The van der Waals surface area contributed by atoms with Crippen molar-refractivity contribution < 1.29 is 19.0 Å². The van der Waals surface area contributed by atoms with Gasteiger partial charge in [-0.15, -0.1) is 12.4 Å². The first-order valence-corrected chi connectivity index (χ1v) is 7.91. The number of hydrogen-bond donors (Lipinski definition) is 1. The zero-order valence-electron chi connectivity index (χ0n) is 14.5. The van der Waals surface area contributed by atoms with Gasteiger partial charge in [0.25, 0.3) is 0 Å². The summed E-state index contributed by atoms with van der Waals surface area (Å²) in [6, 6.07) is 5.47. The first kappa shape index (κ1) is 20.5. The van der Waals surface area contributed by atoms with Crippen LogP contribution in [0.5, 0.6) is 11.5 Å². The monoisotopic (exact) mass is 358 g/mol. The third kappa shape index (κ3) is 5.85. The summed E-state index contributed by atoms with van der Waals surface area (Å²) in [4.78, 5) is 14.3. The molecule has 24 heavy (non-hydrogen) atoms. The molecule has 136 valence electrons. The summed E-state index contributed by atoms with van der Waals surface area (Å²) >= 11 is 0. The predicted molar refractivity (Wildman–Crippen MR) is 96.6 cm³/mol. The standard InChI is InChI=1S/C17H26N2O4.ClH/c1-21-9-8-19(17(20)12-18-11-13-4-5-13)14-6-7-15(22-2)16(10-14)23-3;/h6-7,10,13,18H,4-5,8-9,11-12H2,1-3H3;1H. The fourth-order valence-corrected chi connectivity index (χ4v) is 2.37. The Hall–Kier alpha value is -1.50. The Morgan fingerprint density at radius 1 is 1.21 bits per heavy atom. The first-order valence-electron chi connectivity index (χ1n) is 7.91. The summed E-state index contributed by atoms with van der Waals surface area (Å²) in [6.07, 6.45) is 2.54. The molecule has 1 fully saturated rings. The molecule has 1 N–H and O–H groups in total. The number of rotatable bonds is 10. The van der Waals surface area contributed by atoms with Crippen molar-refractivity contribution in [3.05, 3.63) is 18.2 Å². The number of amides is 1. The van der Waals surface area contributed by atoms with E-state index in [1.54, 1.807) is 32.3 Å². The molecule has 7 heteroatoms. The van der Waals surface area contributed by atoms with Gasteiger partial charge in [-0.05, 0) is 37.4 Å². The quantitative estimate of drug-likeness (QED) is 0.694. The summed E-state index contributed by atoms with van der Waals surface area (Å²) in [7, 11) is 4.80. The summed E-state index contributed by atoms with van der Waals surface area (Å²) in [5.41, 5.74) is 0.776. The second-order valence-corrected chi connectivity index (χ2v) is 5.65. The van der Waals surface area contributed by atoms with Gasteiger partial charge in [-0.2, -0.15) is 0 Å². The number of ether oxygens (including phenoxy) is 3.